The number of thiazole rings is 1. The van der Waals surface area contributed by atoms with Crippen LogP contribution in [-0.2, 0) is 0 Å². The number of hydrogen-bond donors (Lipinski definition) is 2. The van der Waals surface area contributed by atoms with Crippen LogP contribution in [0.1, 0.15) is 22.5 Å². The number of hydrogen-bond acceptors (Lipinski definition) is 8. The molecule has 0 bridgehead atoms. The van der Waals surface area contributed by atoms with Gasteiger partial charge in [-0.05, 0) is 25.1 Å². The zero-order valence-electron chi connectivity index (χ0n) is 16.7. The molecule has 0 aliphatic heterocycles. The van der Waals surface area contributed by atoms with E-state index in [0.717, 1.165) is 11.3 Å². The first-order chi connectivity index (χ1) is 15.1. The summed E-state index contributed by atoms with van der Waals surface area (Å²) in [5.74, 6) is 1.37. The molecule has 8 heteroatoms. The summed E-state index contributed by atoms with van der Waals surface area (Å²) >= 11 is 1.32. The van der Waals surface area contributed by atoms with E-state index in [1.54, 1.807) is 31.2 Å². The highest BCUT2D eigenvalue weighted by atomic mass is 32.1. The molecule has 2 heterocycles. The van der Waals surface area contributed by atoms with Crippen LogP contribution < -0.4 is 10.5 Å². The minimum absolute atomic E-state index is 0.0894. The van der Waals surface area contributed by atoms with Crippen molar-refractivity contribution in [2.45, 2.75) is 13.0 Å². The Kier molecular flexibility index (Phi) is 6.00. The lowest BCUT2D eigenvalue weighted by molar-refractivity contribution is 0.186. The Bertz CT molecular complexity index is 1250. The molecule has 0 saturated carbocycles. The molecule has 0 saturated heterocycles. The van der Waals surface area contributed by atoms with Crippen LogP contribution >= 0.6 is 11.3 Å². The van der Waals surface area contributed by atoms with E-state index in [1.165, 1.54) is 11.3 Å². The van der Waals surface area contributed by atoms with Crippen LogP contribution in [0, 0.1) is 18.3 Å². The van der Waals surface area contributed by atoms with Crippen molar-refractivity contribution in [3.05, 3.63) is 76.4 Å². The van der Waals surface area contributed by atoms with Crippen LogP contribution in [0.3, 0.4) is 0 Å². The van der Waals surface area contributed by atoms with Crippen molar-refractivity contribution in [2.75, 3.05) is 6.54 Å². The maximum atomic E-state index is 9.98. The summed E-state index contributed by atoms with van der Waals surface area (Å²) in [6, 6.07) is 18.8. The predicted molar refractivity (Wildman–Crippen MR) is 119 cm³/mol. The van der Waals surface area contributed by atoms with Gasteiger partial charge in [-0.2, -0.15) is 10.2 Å². The molecular weight excluding hydrogens is 410 g/mol. The van der Waals surface area contributed by atoms with Gasteiger partial charge in [-0.3, -0.25) is 0 Å². The molecular formula is C23H19N5O2S. The minimum Gasteiger partial charge on any atom is -0.438 e. The quantitative estimate of drug-likeness (QED) is 0.471. The fourth-order valence-electron chi connectivity index (χ4n) is 3.02. The van der Waals surface area contributed by atoms with Crippen molar-refractivity contribution in [2.24, 2.45) is 5.73 Å². The number of rotatable bonds is 6. The Morgan fingerprint density at radius 2 is 1.90 bits per heavy atom. The largest absolute Gasteiger partial charge is 0.438 e. The van der Waals surface area contributed by atoms with E-state index >= 15 is 0 Å². The molecule has 7 nitrogen and oxygen atoms in total. The SMILES string of the molecule is Cc1nc(Oc2cc(C#N)ccc2-c2csc(C(O)CN)n2)cc(-c2ccccc2)n1. The van der Waals surface area contributed by atoms with Crippen molar-refractivity contribution < 1.29 is 9.84 Å². The molecule has 4 aromatic rings. The first-order valence-corrected chi connectivity index (χ1v) is 10.4. The molecule has 0 amide bonds. The van der Waals surface area contributed by atoms with Crippen LogP contribution in [0.25, 0.3) is 22.5 Å². The fourth-order valence-corrected chi connectivity index (χ4v) is 3.83. The first-order valence-electron chi connectivity index (χ1n) is 9.54. The van der Waals surface area contributed by atoms with Gasteiger partial charge in [-0.25, -0.2) is 9.97 Å². The summed E-state index contributed by atoms with van der Waals surface area (Å²) in [5, 5.41) is 21.7. The van der Waals surface area contributed by atoms with E-state index < -0.39 is 6.10 Å². The number of aliphatic hydroxyl groups is 1. The number of aromatic nitrogens is 3. The number of nitrogens with two attached hydrogens (primary N) is 1. The molecule has 0 spiro atoms. The standard InChI is InChI=1S/C23H19N5O2S/c1-14-26-18(16-5-3-2-4-6-16)10-22(27-14)30-21-9-15(11-24)7-8-17(21)19-13-31-23(28-19)20(29)12-25/h2-10,13,20,29H,12,25H2,1H3. The van der Waals surface area contributed by atoms with Crippen LogP contribution in [-0.4, -0.2) is 26.6 Å². The minimum atomic E-state index is -0.820. The second-order valence-corrected chi connectivity index (χ2v) is 7.64. The van der Waals surface area contributed by atoms with Gasteiger partial charge in [0, 0.05) is 29.1 Å². The highest BCUT2D eigenvalue weighted by Gasteiger charge is 2.16. The van der Waals surface area contributed by atoms with Crippen molar-refractivity contribution in [1.82, 2.24) is 15.0 Å². The number of aliphatic hydroxyl groups excluding tert-OH is 1. The Morgan fingerprint density at radius 1 is 1.10 bits per heavy atom. The lowest BCUT2D eigenvalue weighted by Gasteiger charge is -2.11. The Labute approximate surface area is 183 Å². The molecule has 0 fully saturated rings. The maximum Gasteiger partial charge on any atom is 0.223 e. The lowest BCUT2D eigenvalue weighted by Crippen LogP contribution is -2.11. The summed E-state index contributed by atoms with van der Waals surface area (Å²) in [7, 11) is 0. The third kappa shape index (κ3) is 4.59. The molecule has 1 atom stereocenters. The first kappa shape index (κ1) is 20.6. The van der Waals surface area contributed by atoms with E-state index in [1.807, 2.05) is 35.7 Å². The lowest BCUT2D eigenvalue weighted by atomic mass is 10.1. The molecule has 1 unspecified atom stereocenters. The zero-order chi connectivity index (χ0) is 21.8. The third-order valence-corrected chi connectivity index (χ3v) is 5.46. The fraction of sp³-hybridized carbons (Fsp3) is 0.130. The topological polar surface area (TPSA) is 118 Å². The Hall–Kier alpha value is -3.64. The van der Waals surface area contributed by atoms with E-state index in [0.29, 0.717) is 39.3 Å². The van der Waals surface area contributed by atoms with E-state index in [-0.39, 0.29) is 6.54 Å². The van der Waals surface area contributed by atoms with Gasteiger partial charge >= 0.3 is 0 Å². The van der Waals surface area contributed by atoms with Crippen LogP contribution in [0.4, 0.5) is 0 Å². The molecule has 4 rings (SSSR count). The summed E-state index contributed by atoms with van der Waals surface area (Å²) in [5.41, 5.74) is 8.99. The number of benzene rings is 2. The van der Waals surface area contributed by atoms with Crippen LogP contribution in [0.15, 0.2) is 60.0 Å². The monoisotopic (exact) mass is 429 g/mol. The van der Waals surface area contributed by atoms with E-state index in [2.05, 4.69) is 21.0 Å². The molecule has 3 N–H and O–H groups in total. The predicted octanol–water partition coefficient (Wildman–Crippen LogP) is 4.23. The van der Waals surface area contributed by atoms with E-state index in [9.17, 15) is 10.4 Å². The molecule has 2 aromatic carbocycles. The van der Waals surface area contributed by atoms with Crippen molar-refractivity contribution >= 4 is 11.3 Å². The molecule has 154 valence electrons. The molecule has 0 aliphatic carbocycles. The summed E-state index contributed by atoms with van der Waals surface area (Å²) in [4.78, 5) is 13.4. The molecule has 0 radical (unpaired) electrons. The van der Waals surface area contributed by atoms with Crippen LogP contribution in [0.2, 0.25) is 0 Å². The Balaban J connectivity index is 1.74. The summed E-state index contributed by atoms with van der Waals surface area (Å²) in [6.07, 6.45) is -0.820. The number of nitriles is 1. The van der Waals surface area contributed by atoms with Crippen molar-refractivity contribution in [3.63, 3.8) is 0 Å². The third-order valence-electron chi connectivity index (χ3n) is 4.52. The molecule has 0 aliphatic rings. The average molecular weight is 430 g/mol. The molecule has 2 aromatic heterocycles. The van der Waals surface area contributed by atoms with E-state index in [4.69, 9.17) is 10.5 Å². The summed E-state index contributed by atoms with van der Waals surface area (Å²) in [6.45, 7) is 1.89. The average Bonchev–Trinajstić information content (AvgIpc) is 3.28. The maximum absolute atomic E-state index is 9.98. The zero-order valence-corrected chi connectivity index (χ0v) is 17.5. The number of nitrogens with zero attached hydrogens (tertiary/aromatic N) is 4. The number of ether oxygens (including phenoxy) is 1. The van der Waals surface area contributed by atoms with Gasteiger partial charge in [0.15, 0.2) is 0 Å². The smallest absolute Gasteiger partial charge is 0.223 e. The van der Waals surface area contributed by atoms with Crippen LogP contribution in [0.5, 0.6) is 11.6 Å². The van der Waals surface area contributed by atoms with Gasteiger partial charge < -0.3 is 15.6 Å². The van der Waals surface area contributed by atoms with Gasteiger partial charge in [0.25, 0.3) is 0 Å². The van der Waals surface area contributed by atoms with Gasteiger partial charge in [-0.15, -0.1) is 11.3 Å². The number of aryl methyl sites for hydroxylation is 1. The summed E-state index contributed by atoms with van der Waals surface area (Å²) < 4.78 is 6.12. The van der Waals surface area contributed by atoms with Gasteiger partial charge in [0.2, 0.25) is 5.88 Å². The highest BCUT2D eigenvalue weighted by Crippen LogP contribution is 2.36. The van der Waals surface area contributed by atoms with Crippen molar-refractivity contribution in [1.29, 1.82) is 5.26 Å². The second kappa shape index (κ2) is 9.02. The van der Waals surface area contributed by atoms with Gasteiger partial charge in [0.1, 0.15) is 22.7 Å². The van der Waals surface area contributed by atoms with Gasteiger partial charge in [0.05, 0.1) is 23.0 Å². The highest BCUT2D eigenvalue weighted by molar-refractivity contribution is 7.10. The Morgan fingerprint density at radius 3 is 2.65 bits per heavy atom. The van der Waals surface area contributed by atoms with Crippen molar-refractivity contribution in [3.8, 4) is 40.2 Å². The normalized spacial score (nSPS) is 11.7. The molecule has 31 heavy (non-hydrogen) atoms. The van der Waals surface area contributed by atoms with Gasteiger partial charge in [-0.1, -0.05) is 30.3 Å². The second-order valence-electron chi connectivity index (χ2n) is 6.75.